The van der Waals surface area contributed by atoms with Crippen LogP contribution >= 0.6 is 15.9 Å². The van der Waals surface area contributed by atoms with Crippen LogP contribution in [-0.2, 0) is 24.8 Å². The second kappa shape index (κ2) is 6.65. The minimum absolute atomic E-state index is 0.0673. The van der Waals surface area contributed by atoms with Gasteiger partial charge in [-0.05, 0) is 36.2 Å². The maximum atomic E-state index is 13.1. The molecule has 1 heterocycles. The topological polar surface area (TPSA) is 46.9 Å². The van der Waals surface area contributed by atoms with Gasteiger partial charge in [0, 0.05) is 24.1 Å². The Morgan fingerprint density at radius 3 is 2.95 bits per heavy atom. The van der Waals surface area contributed by atoms with E-state index in [4.69, 9.17) is 0 Å². The van der Waals surface area contributed by atoms with E-state index < -0.39 is 0 Å². The molecule has 4 nitrogen and oxygen atoms in total. The molecule has 0 saturated heterocycles. The predicted molar refractivity (Wildman–Crippen MR) is 77.5 cm³/mol. The van der Waals surface area contributed by atoms with Gasteiger partial charge >= 0.3 is 0 Å². The highest BCUT2D eigenvalue weighted by atomic mass is 79.9. The SMILES string of the molecule is Cn1nccc1CNC(=O)CCc1cc(F)ccc1Br. The lowest BCUT2D eigenvalue weighted by atomic mass is 10.1. The number of amides is 1. The molecule has 20 heavy (non-hydrogen) atoms. The van der Waals surface area contributed by atoms with Crippen molar-refractivity contribution >= 4 is 21.8 Å². The molecule has 0 radical (unpaired) electrons. The maximum absolute atomic E-state index is 13.1. The van der Waals surface area contributed by atoms with E-state index in [1.165, 1.54) is 12.1 Å². The number of rotatable bonds is 5. The van der Waals surface area contributed by atoms with Gasteiger partial charge in [0.15, 0.2) is 0 Å². The number of benzene rings is 1. The first-order chi connectivity index (χ1) is 9.56. The first-order valence-electron chi connectivity index (χ1n) is 6.24. The number of aryl methyl sites for hydroxylation is 2. The highest BCUT2D eigenvalue weighted by Gasteiger charge is 2.07. The van der Waals surface area contributed by atoms with Crippen molar-refractivity contribution in [2.45, 2.75) is 19.4 Å². The fourth-order valence-electron chi connectivity index (χ4n) is 1.84. The fourth-order valence-corrected chi connectivity index (χ4v) is 2.28. The summed E-state index contributed by atoms with van der Waals surface area (Å²) in [4.78, 5) is 11.8. The molecular weight excluding hydrogens is 325 g/mol. The first kappa shape index (κ1) is 14.7. The molecule has 1 aromatic carbocycles. The van der Waals surface area contributed by atoms with Crippen molar-refractivity contribution in [1.29, 1.82) is 0 Å². The summed E-state index contributed by atoms with van der Waals surface area (Å²) in [6.45, 7) is 0.444. The van der Waals surface area contributed by atoms with E-state index in [0.29, 0.717) is 19.4 Å². The summed E-state index contributed by atoms with van der Waals surface area (Å²) < 4.78 is 15.6. The number of carbonyl (C=O) groups excluding carboxylic acids is 1. The Kier molecular flexibility index (Phi) is 4.89. The van der Waals surface area contributed by atoms with E-state index in [0.717, 1.165) is 15.7 Å². The van der Waals surface area contributed by atoms with E-state index in [2.05, 4.69) is 26.3 Å². The molecule has 0 fully saturated rings. The Hall–Kier alpha value is -1.69. The summed E-state index contributed by atoms with van der Waals surface area (Å²) >= 11 is 3.35. The Morgan fingerprint density at radius 1 is 1.45 bits per heavy atom. The van der Waals surface area contributed by atoms with Crippen molar-refractivity contribution in [2.75, 3.05) is 0 Å². The standard InChI is InChI=1S/C14H15BrFN3O/c1-19-12(6-7-18-19)9-17-14(20)5-2-10-8-11(16)3-4-13(10)15/h3-4,6-8H,2,5,9H2,1H3,(H,17,20). The third-order valence-electron chi connectivity index (χ3n) is 3.02. The molecule has 2 rings (SSSR count). The molecule has 2 aromatic rings. The van der Waals surface area contributed by atoms with E-state index in [1.807, 2.05) is 13.1 Å². The second-order valence-corrected chi connectivity index (χ2v) is 5.31. The van der Waals surface area contributed by atoms with Crippen LogP contribution in [0.1, 0.15) is 17.7 Å². The van der Waals surface area contributed by atoms with E-state index in [-0.39, 0.29) is 11.7 Å². The smallest absolute Gasteiger partial charge is 0.220 e. The first-order valence-corrected chi connectivity index (χ1v) is 7.03. The quantitative estimate of drug-likeness (QED) is 0.909. The minimum Gasteiger partial charge on any atom is -0.350 e. The molecule has 0 saturated carbocycles. The zero-order valence-corrected chi connectivity index (χ0v) is 12.7. The van der Waals surface area contributed by atoms with Gasteiger partial charge in [0.05, 0.1) is 12.2 Å². The molecular formula is C14H15BrFN3O. The lowest BCUT2D eigenvalue weighted by Crippen LogP contribution is -2.24. The molecule has 0 unspecified atom stereocenters. The molecule has 0 bridgehead atoms. The van der Waals surface area contributed by atoms with Crippen molar-refractivity contribution in [2.24, 2.45) is 7.05 Å². The number of aromatic nitrogens is 2. The number of nitrogens with one attached hydrogen (secondary N) is 1. The number of carbonyl (C=O) groups is 1. The molecule has 106 valence electrons. The Bertz CT molecular complexity index is 612. The van der Waals surface area contributed by atoms with Gasteiger partial charge < -0.3 is 5.32 Å². The summed E-state index contributed by atoms with van der Waals surface area (Å²) in [6, 6.07) is 6.33. The largest absolute Gasteiger partial charge is 0.350 e. The van der Waals surface area contributed by atoms with Gasteiger partial charge in [-0.2, -0.15) is 5.10 Å². The number of nitrogens with zero attached hydrogens (tertiary/aromatic N) is 2. The molecule has 6 heteroatoms. The third kappa shape index (κ3) is 3.90. The van der Waals surface area contributed by atoms with Crippen LogP contribution in [-0.4, -0.2) is 15.7 Å². The second-order valence-electron chi connectivity index (χ2n) is 4.46. The van der Waals surface area contributed by atoms with Gasteiger partial charge in [-0.15, -0.1) is 0 Å². The van der Waals surface area contributed by atoms with Crippen molar-refractivity contribution in [3.8, 4) is 0 Å². The average molecular weight is 340 g/mol. The van der Waals surface area contributed by atoms with Crippen molar-refractivity contribution in [3.05, 3.63) is 52.0 Å². The summed E-state index contributed by atoms with van der Waals surface area (Å²) in [5, 5.41) is 6.85. The average Bonchev–Trinajstić information content (AvgIpc) is 2.83. The summed E-state index contributed by atoms with van der Waals surface area (Å²) in [5.41, 5.74) is 1.73. The molecule has 0 atom stereocenters. The Labute approximate surface area is 125 Å². The monoisotopic (exact) mass is 339 g/mol. The molecule has 1 aromatic heterocycles. The number of hydrogen-bond donors (Lipinski definition) is 1. The number of hydrogen-bond acceptors (Lipinski definition) is 2. The normalized spacial score (nSPS) is 10.6. The lowest BCUT2D eigenvalue weighted by molar-refractivity contribution is -0.121. The van der Waals surface area contributed by atoms with Crippen molar-refractivity contribution < 1.29 is 9.18 Å². The van der Waals surface area contributed by atoms with Crippen LogP contribution in [0, 0.1) is 5.82 Å². The number of halogens is 2. The van der Waals surface area contributed by atoms with Gasteiger partial charge in [-0.25, -0.2) is 4.39 Å². The Morgan fingerprint density at radius 2 is 2.25 bits per heavy atom. The van der Waals surface area contributed by atoms with E-state index in [9.17, 15) is 9.18 Å². The summed E-state index contributed by atoms with van der Waals surface area (Å²) in [6.07, 6.45) is 2.50. The van der Waals surface area contributed by atoms with Crippen LogP contribution in [0.2, 0.25) is 0 Å². The highest BCUT2D eigenvalue weighted by Crippen LogP contribution is 2.19. The van der Waals surface area contributed by atoms with Crippen LogP contribution in [0.4, 0.5) is 4.39 Å². The van der Waals surface area contributed by atoms with E-state index in [1.54, 1.807) is 16.9 Å². The third-order valence-corrected chi connectivity index (χ3v) is 3.79. The maximum Gasteiger partial charge on any atom is 0.220 e. The Balaban J connectivity index is 1.83. The van der Waals surface area contributed by atoms with Gasteiger partial charge in [-0.3, -0.25) is 9.48 Å². The minimum atomic E-state index is -0.293. The van der Waals surface area contributed by atoms with Gasteiger partial charge in [0.2, 0.25) is 5.91 Å². The van der Waals surface area contributed by atoms with Gasteiger partial charge in [0.1, 0.15) is 5.82 Å². The molecule has 1 N–H and O–H groups in total. The van der Waals surface area contributed by atoms with Crippen molar-refractivity contribution in [1.82, 2.24) is 15.1 Å². The fraction of sp³-hybridized carbons (Fsp3) is 0.286. The summed E-state index contributed by atoms with van der Waals surface area (Å²) in [5.74, 6) is -0.360. The van der Waals surface area contributed by atoms with Gasteiger partial charge in [-0.1, -0.05) is 15.9 Å². The lowest BCUT2D eigenvalue weighted by Gasteiger charge is -2.07. The zero-order valence-electron chi connectivity index (χ0n) is 11.1. The van der Waals surface area contributed by atoms with Crippen molar-refractivity contribution in [3.63, 3.8) is 0 Å². The molecule has 0 aliphatic rings. The van der Waals surface area contributed by atoms with Crippen LogP contribution in [0.15, 0.2) is 34.9 Å². The predicted octanol–water partition coefficient (Wildman–Crippen LogP) is 2.57. The molecule has 0 aliphatic heterocycles. The van der Waals surface area contributed by atoms with Crippen LogP contribution < -0.4 is 5.32 Å². The molecule has 0 aliphatic carbocycles. The van der Waals surface area contributed by atoms with Crippen LogP contribution in [0.5, 0.6) is 0 Å². The summed E-state index contributed by atoms with van der Waals surface area (Å²) in [7, 11) is 1.82. The van der Waals surface area contributed by atoms with Crippen LogP contribution in [0.3, 0.4) is 0 Å². The van der Waals surface area contributed by atoms with E-state index >= 15 is 0 Å². The van der Waals surface area contributed by atoms with Gasteiger partial charge in [0.25, 0.3) is 0 Å². The zero-order chi connectivity index (χ0) is 14.5. The molecule has 1 amide bonds. The molecule has 0 spiro atoms. The van der Waals surface area contributed by atoms with Crippen LogP contribution in [0.25, 0.3) is 0 Å². The highest BCUT2D eigenvalue weighted by molar-refractivity contribution is 9.10.